The van der Waals surface area contributed by atoms with Crippen molar-refractivity contribution >= 4 is 41.2 Å². The Labute approximate surface area is 227 Å². The molecule has 1 aromatic heterocycles. The summed E-state index contributed by atoms with van der Waals surface area (Å²) in [4.78, 5) is 41.3. The molecule has 1 aromatic carbocycles. The minimum atomic E-state index is -0.435. The van der Waals surface area contributed by atoms with E-state index in [1.54, 1.807) is 6.08 Å². The fourth-order valence-electron chi connectivity index (χ4n) is 4.26. The second kappa shape index (κ2) is 15.2. The zero-order valence-electron chi connectivity index (χ0n) is 22.7. The number of hydrogen-bond acceptors (Lipinski definition) is 6. The Morgan fingerprint density at radius 1 is 1.08 bits per heavy atom. The Morgan fingerprint density at radius 2 is 1.77 bits per heavy atom. The molecule has 0 atom stereocenters. The number of nitrogens with one attached hydrogen (secondary N) is 3. The van der Waals surface area contributed by atoms with Gasteiger partial charge in [-0.25, -0.2) is 4.39 Å². The minimum absolute atomic E-state index is 0.180. The molecule has 1 aliphatic rings. The molecular weight excluding hydrogens is 507 g/mol. The van der Waals surface area contributed by atoms with Crippen molar-refractivity contribution in [2.24, 2.45) is 0 Å². The molecule has 10 nitrogen and oxygen atoms in total. The third-order valence-electron chi connectivity index (χ3n) is 6.15. The van der Waals surface area contributed by atoms with Gasteiger partial charge in [0.25, 0.3) is 5.91 Å². The van der Waals surface area contributed by atoms with Gasteiger partial charge in [0.2, 0.25) is 12.3 Å². The monoisotopic (exact) mass is 544 g/mol. The number of halogens is 1. The maximum atomic E-state index is 13.8. The lowest BCUT2D eigenvalue weighted by atomic mass is 10.0. The molecule has 0 fully saturated rings. The van der Waals surface area contributed by atoms with E-state index in [1.165, 1.54) is 23.1 Å². The van der Waals surface area contributed by atoms with E-state index in [0.717, 1.165) is 24.3 Å². The van der Waals surface area contributed by atoms with E-state index in [2.05, 4.69) is 15.6 Å². The van der Waals surface area contributed by atoms with Crippen LogP contribution in [0.15, 0.2) is 18.2 Å². The lowest BCUT2D eigenvalue weighted by Gasteiger charge is -2.19. The number of carbonyl (C=O) groups is 3. The average molecular weight is 545 g/mol. The number of carbonyl (C=O) groups excluding carboxylic acids is 3. The van der Waals surface area contributed by atoms with Gasteiger partial charge >= 0.3 is 0 Å². The number of aryl methyl sites for hydroxylation is 1. The van der Waals surface area contributed by atoms with E-state index < -0.39 is 5.82 Å². The van der Waals surface area contributed by atoms with Crippen LogP contribution in [0.3, 0.4) is 0 Å². The summed E-state index contributed by atoms with van der Waals surface area (Å²) >= 11 is 0. The summed E-state index contributed by atoms with van der Waals surface area (Å²) in [5.41, 5.74) is 4.14. The highest BCUT2D eigenvalue weighted by Gasteiger charge is 2.26. The quantitative estimate of drug-likeness (QED) is 0.160. The summed E-state index contributed by atoms with van der Waals surface area (Å²) in [6.07, 6.45) is 3.53. The van der Waals surface area contributed by atoms with Gasteiger partial charge in [0, 0.05) is 48.8 Å². The van der Waals surface area contributed by atoms with Crippen LogP contribution in [-0.2, 0) is 28.6 Å². The van der Waals surface area contributed by atoms with Crippen LogP contribution in [-0.4, -0.2) is 75.9 Å². The van der Waals surface area contributed by atoms with Crippen molar-refractivity contribution in [2.75, 3.05) is 62.9 Å². The van der Waals surface area contributed by atoms with E-state index in [0.29, 0.717) is 61.0 Å². The number of anilines is 2. The van der Waals surface area contributed by atoms with Gasteiger partial charge in [0.05, 0.1) is 44.3 Å². The molecular formula is C28H37FN4O6. The second-order valence-corrected chi connectivity index (χ2v) is 9.08. The average Bonchev–Trinajstić information content (AvgIpc) is 3.37. The Hall–Kier alpha value is -3.54. The molecule has 0 saturated carbocycles. The number of H-pyrrole nitrogens is 1. The fraction of sp³-hybridized carbons (Fsp3) is 0.464. The highest BCUT2D eigenvalue weighted by atomic mass is 19.1. The normalized spacial score (nSPS) is 13.4. The number of aromatic amines is 1. The number of nitrogens with zero attached hydrogens (tertiary/aromatic N) is 1. The Morgan fingerprint density at radius 3 is 2.46 bits per heavy atom. The molecule has 3 amide bonds. The molecule has 2 heterocycles. The van der Waals surface area contributed by atoms with Crippen LogP contribution in [0, 0.1) is 19.7 Å². The number of fused-ring (bicyclic) bond motifs is 1. The summed E-state index contributed by atoms with van der Waals surface area (Å²) in [6, 6.07) is 4.13. The third kappa shape index (κ3) is 8.47. The SMILES string of the molecule is CCCOCCOCCOCCC(=O)NCCN(C=O)c1c(C)[nH]c(C=C2C(=O)Nc3ccc(F)cc32)c1C. The summed E-state index contributed by atoms with van der Waals surface area (Å²) in [5.74, 6) is -0.942. The number of ether oxygens (including phenoxy) is 3. The Bertz CT molecular complexity index is 1180. The minimum Gasteiger partial charge on any atom is -0.379 e. The van der Waals surface area contributed by atoms with Gasteiger partial charge < -0.3 is 34.7 Å². The third-order valence-corrected chi connectivity index (χ3v) is 6.15. The molecule has 0 bridgehead atoms. The lowest BCUT2D eigenvalue weighted by molar-refractivity contribution is -0.122. The van der Waals surface area contributed by atoms with Crippen molar-refractivity contribution < 1.29 is 33.0 Å². The topological polar surface area (TPSA) is 122 Å². The molecule has 0 radical (unpaired) electrons. The maximum absolute atomic E-state index is 13.8. The second-order valence-electron chi connectivity index (χ2n) is 9.08. The molecule has 212 valence electrons. The van der Waals surface area contributed by atoms with E-state index >= 15 is 0 Å². The van der Waals surface area contributed by atoms with E-state index in [1.807, 2.05) is 20.8 Å². The smallest absolute Gasteiger partial charge is 0.256 e. The van der Waals surface area contributed by atoms with Gasteiger partial charge in [-0.1, -0.05) is 6.92 Å². The maximum Gasteiger partial charge on any atom is 0.256 e. The molecule has 11 heteroatoms. The molecule has 39 heavy (non-hydrogen) atoms. The molecule has 0 saturated heterocycles. The zero-order valence-corrected chi connectivity index (χ0v) is 22.7. The standard InChI is InChI=1S/C28H37FN4O6/c1-4-10-37-12-14-39-15-13-38-11-7-26(35)30-8-9-33(18-34)27-19(2)25(31-20(27)3)17-23-22-16-21(29)5-6-24(22)32-28(23)36/h5-6,16-18,31H,4,7-15H2,1-3H3,(H,30,35)(H,32,36). The van der Waals surface area contributed by atoms with Gasteiger partial charge in [-0.3, -0.25) is 14.4 Å². The zero-order chi connectivity index (χ0) is 28.2. The molecule has 1 aliphatic heterocycles. The predicted molar refractivity (Wildman–Crippen MR) is 147 cm³/mol. The van der Waals surface area contributed by atoms with Crippen molar-refractivity contribution in [2.45, 2.75) is 33.6 Å². The summed E-state index contributed by atoms with van der Waals surface area (Å²) < 4.78 is 29.9. The van der Waals surface area contributed by atoms with Crippen molar-refractivity contribution in [3.05, 3.63) is 46.5 Å². The van der Waals surface area contributed by atoms with Crippen molar-refractivity contribution in [1.82, 2.24) is 10.3 Å². The fourth-order valence-corrected chi connectivity index (χ4v) is 4.26. The predicted octanol–water partition coefficient (Wildman–Crippen LogP) is 3.19. The van der Waals surface area contributed by atoms with Crippen LogP contribution in [0.1, 0.15) is 42.3 Å². The van der Waals surface area contributed by atoms with Gasteiger partial charge in [-0.15, -0.1) is 0 Å². The van der Waals surface area contributed by atoms with Crippen LogP contribution in [0.5, 0.6) is 0 Å². The number of amides is 3. The highest BCUT2D eigenvalue weighted by molar-refractivity contribution is 6.34. The van der Waals surface area contributed by atoms with Crippen molar-refractivity contribution in [1.29, 1.82) is 0 Å². The summed E-state index contributed by atoms with van der Waals surface area (Å²) in [7, 11) is 0. The Balaban J connectivity index is 1.46. The molecule has 3 rings (SSSR count). The molecule has 0 aliphatic carbocycles. The van der Waals surface area contributed by atoms with Crippen molar-refractivity contribution in [3.8, 4) is 0 Å². The van der Waals surface area contributed by atoms with E-state index in [9.17, 15) is 18.8 Å². The first-order valence-corrected chi connectivity index (χ1v) is 13.1. The summed E-state index contributed by atoms with van der Waals surface area (Å²) in [6.45, 7) is 9.12. The van der Waals surface area contributed by atoms with E-state index in [4.69, 9.17) is 14.2 Å². The van der Waals surface area contributed by atoms with Crippen LogP contribution in [0.2, 0.25) is 0 Å². The van der Waals surface area contributed by atoms with Crippen LogP contribution in [0.4, 0.5) is 15.8 Å². The lowest BCUT2D eigenvalue weighted by Crippen LogP contribution is -2.35. The largest absolute Gasteiger partial charge is 0.379 e. The first-order valence-electron chi connectivity index (χ1n) is 13.1. The number of hydrogen-bond donors (Lipinski definition) is 3. The molecule has 3 N–H and O–H groups in total. The molecule has 0 spiro atoms. The first-order chi connectivity index (χ1) is 18.8. The van der Waals surface area contributed by atoms with Crippen LogP contribution >= 0.6 is 0 Å². The van der Waals surface area contributed by atoms with Gasteiger partial charge in [0.1, 0.15) is 5.82 Å². The first kappa shape index (κ1) is 30.0. The molecule has 2 aromatic rings. The Kier molecular flexibility index (Phi) is 11.7. The van der Waals surface area contributed by atoms with Crippen LogP contribution < -0.4 is 15.5 Å². The molecule has 0 unspecified atom stereocenters. The van der Waals surface area contributed by atoms with E-state index in [-0.39, 0.29) is 37.9 Å². The highest BCUT2D eigenvalue weighted by Crippen LogP contribution is 2.35. The van der Waals surface area contributed by atoms with Crippen LogP contribution in [0.25, 0.3) is 11.6 Å². The number of benzene rings is 1. The summed E-state index contributed by atoms with van der Waals surface area (Å²) in [5, 5.41) is 5.53. The van der Waals surface area contributed by atoms with Gasteiger partial charge in [-0.05, 0) is 50.1 Å². The number of aromatic nitrogens is 1. The van der Waals surface area contributed by atoms with Gasteiger partial charge in [-0.2, -0.15) is 0 Å². The van der Waals surface area contributed by atoms with Gasteiger partial charge in [0.15, 0.2) is 0 Å². The van der Waals surface area contributed by atoms with Crippen molar-refractivity contribution in [3.63, 3.8) is 0 Å². The number of rotatable bonds is 17.